The Morgan fingerprint density at radius 2 is 0.554 bits per heavy atom. The lowest BCUT2D eigenvalue weighted by molar-refractivity contribution is -0.399. The summed E-state index contributed by atoms with van der Waals surface area (Å²) in [6, 6.07) is -7.00. The molecule has 8 heterocycles. The van der Waals surface area contributed by atoms with Crippen LogP contribution >= 0.6 is 0 Å². The number of hydrogen-bond acceptors (Lipinski definition) is 41. The topological polar surface area (TPSA) is 700 Å². The minimum absolute atomic E-state index is 0.762. The molecule has 0 aromatic carbocycles. The lowest BCUT2D eigenvalue weighted by Gasteiger charge is -2.51. The summed E-state index contributed by atoms with van der Waals surface area (Å²) in [5, 5.41) is 252. The lowest BCUT2D eigenvalue weighted by atomic mass is 9.94. The number of carbonyl (C=O) groups is 4. The van der Waals surface area contributed by atoms with E-state index in [1.165, 1.54) is 0 Å². The number of amides is 4. The molecule has 0 spiro atoms. The van der Waals surface area contributed by atoms with Crippen LogP contribution in [0.4, 0.5) is 0 Å². The van der Waals surface area contributed by atoms with E-state index in [1.807, 2.05) is 0 Å². The highest BCUT2D eigenvalue weighted by atomic mass is 16.8. The van der Waals surface area contributed by atoms with Gasteiger partial charge in [0.2, 0.25) is 23.6 Å². The molecule has 8 fully saturated rings. The van der Waals surface area contributed by atoms with Gasteiger partial charge in [0.15, 0.2) is 50.3 Å². The molecular weight excluding hydrogens is 1380 g/mol. The summed E-state index contributed by atoms with van der Waals surface area (Å²) < 4.78 is 88.4. The standard InChI is InChI=1S/C56H94N4O41/c1-13(67)57-25-35(77)29(71)17(5-61)90-50(25)87-11-23-33(75)40(82)47(100-52-27(59-15(3)69)37(79)31(73)19(7-63)92-52)55(96-23)88-12-24-34(76)46(43(85)49(86)89-24)99-56-48(42(84)45(22(10-66)95-56)97-51-26(58-14(2)68)36(78)30(72)18(6-62)91-51)101-53-28(60-16(4)70)38(80)44(21(9-65)94-53)98-54-41(83)39(81)32(74)20(8-64)93-54/h17-56,61-66,71-86H,5-12H2,1-4H3,(H,57,67)(H,58,68)(H,59,69)(H,60,70)/t17-,18-,19-,20-,21-,22-,23-,24-,25-,26-,27-,28-,29-,30-,31-,32+,33-,34-,35-,36-,37-,38-,39+,40+,41-,42+,43+,44-,45-,46+,47+,48+,49-,50-,51+,52+,53+,54+,55+,56-/m1/s1. The number of ether oxygens (including phenoxy) is 15. The summed E-state index contributed by atoms with van der Waals surface area (Å²) in [5.41, 5.74) is 0. The van der Waals surface area contributed by atoms with Gasteiger partial charge in [-0.2, -0.15) is 0 Å². The fourth-order valence-corrected chi connectivity index (χ4v) is 12.9. The fourth-order valence-electron chi connectivity index (χ4n) is 12.9. The van der Waals surface area contributed by atoms with Crippen LogP contribution in [0.2, 0.25) is 0 Å². The molecule has 0 radical (unpaired) electrons. The first kappa shape index (κ1) is 83.0. The van der Waals surface area contributed by atoms with Crippen LogP contribution in [0.25, 0.3) is 0 Å². The minimum Gasteiger partial charge on any atom is -0.394 e. The number of nitrogens with one attached hydrogen (secondary N) is 4. The van der Waals surface area contributed by atoms with Gasteiger partial charge in [-0.05, 0) is 0 Å². The second-order valence-corrected chi connectivity index (χ2v) is 25.4. The third-order valence-electron chi connectivity index (χ3n) is 18.2. The van der Waals surface area contributed by atoms with Crippen LogP contribution in [-0.2, 0) is 90.2 Å². The highest BCUT2D eigenvalue weighted by Gasteiger charge is 2.60. The SMILES string of the molecule is CC(=O)N[C@H]1[C@H](O[C@@H]2[C@@H](O[C@@H]3[C@H](O)[C@H](O)O[C@H](CO[C@H]4O[C@H](CO[C@@H]5O[C@H](CO)[C@@H](O)[C@H](O)[C@H]5NC(C)=O)[C@@H](O)[C@H](O)[C@@H]4O[C@@H]4O[C@H](CO)[C@@H](O)[C@H](O)[C@H]4NC(C)=O)[C@H]3O)O[C@H](CO)[C@@H](O[C@@H]3O[C@H](CO)[C@@H](O)[C@H](O)[C@H]3NC(C)=O)[C@@H]2O)O[C@H](CO)[C@@H](O[C@@H]2O[C@H](CO)[C@H](O)[C@H](O)[C@H]2O)[C@@H]1O. The highest BCUT2D eigenvalue weighted by Crippen LogP contribution is 2.39. The van der Waals surface area contributed by atoms with Crippen molar-refractivity contribution in [2.75, 3.05) is 52.9 Å². The van der Waals surface area contributed by atoms with Gasteiger partial charge >= 0.3 is 0 Å². The van der Waals surface area contributed by atoms with Crippen LogP contribution in [0, 0.1) is 0 Å². The molecule has 8 aliphatic rings. The highest BCUT2D eigenvalue weighted by molar-refractivity contribution is 5.74. The van der Waals surface area contributed by atoms with E-state index in [9.17, 15) is 132 Å². The van der Waals surface area contributed by atoms with Gasteiger partial charge in [-0.25, -0.2) is 0 Å². The zero-order valence-corrected chi connectivity index (χ0v) is 54.3. The maximum atomic E-state index is 13.0. The maximum absolute atomic E-state index is 13.0. The molecule has 45 nitrogen and oxygen atoms in total. The van der Waals surface area contributed by atoms with Crippen LogP contribution < -0.4 is 21.3 Å². The Hall–Kier alpha value is -3.60. The molecule has 0 aromatic rings. The predicted molar refractivity (Wildman–Crippen MR) is 311 cm³/mol. The number of aliphatic hydroxyl groups excluding tert-OH is 22. The monoisotopic (exact) mass is 1480 g/mol. The molecule has 8 saturated heterocycles. The first-order valence-electron chi connectivity index (χ1n) is 32.1. The van der Waals surface area contributed by atoms with E-state index in [1.54, 1.807) is 0 Å². The molecule has 26 N–H and O–H groups in total. The van der Waals surface area contributed by atoms with Crippen LogP contribution in [0.15, 0.2) is 0 Å². The van der Waals surface area contributed by atoms with Gasteiger partial charge in [0.25, 0.3) is 0 Å². The van der Waals surface area contributed by atoms with Gasteiger partial charge in [-0.1, -0.05) is 0 Å². The Morgan fingerprint density at radius 3 is 0.990 bits per heavy atom. The summed E-state index contributed by atoms with van der Waals surface area (Å²) >= 11 is 0. The average Bonchev–Trinajstić information content (AvgIpc) is 0.788. The van der Waals surface area contributed by atoms with Gasteiger partial charge in [-0.3, -0.25) is 19.2 Å². The third kappa shape index (κ3) is 18.7. The maximum Gasteiger partial charge on any atom is 0.217 e. The van der Waals surface area contributed by atoms with Crippen molar-refractivity contribution in [3.8, 4) is 0 Å². The van der Waals surface area contributed by atoms with Gasteiger partial charge in [0, 0.05) is 27.7 Å². The Morgan fingerprint density at radius 1 is 0.257 bits per heavy atom. The van der Waals surface area contributed by atoms with Crippen LogP contribution in [0.3, 0.4) is 0 Å². The van der Waals surface area contributed by atoms with Gasteiger partial charge in [-0.15, -0.1) is 0 Å². The molecule has 0 aromatic heterocycles. The van der Waals surface area contributed by atoms with Crippen LogP contribution in [0.1, 0.15) is 27.7 Å². The predicted octanol–water partition coefficient (Wildman–Crippen LogP) is -17.9. The summed E-state index contributed by atoms with van der Waals surface area (Å²) in [4.78, 5) is 50.1. The average molecular weight is 1480 g/mol. The van der Waals surface area contributed by atoms with E-state index >= 15 is 0 Å². The van der Waals surface area contributed by atoms with E-state index in [-0.39, 0.29) is 0 Å². The molecule has 40 atom stereocenters. The first-order chi connectivity index (χ1) is 47.7. The zero-order valence-electron chi connectivity index (χ0n) is 54.3. The largest absolute Gasteiger partial charge is 0.394 e. The first-order valence-corrected chi connectivity index (χ1v) is 32.1. The van der Waals surface area contributed by atoms with E-state index in [4.69, 9.17) is 71.1 Å². The molecule has 45 heteroatoms. The van der Waals surface area contributed by atoms with E-state index in [0.29, 0.717) is 0 Å². The summed E-state index contributed by atoms with van der Waals surface area (Å²) in [5.74, 6) is -3.40. The zero-order chi connectivity index (χ0) is 74.5. The molecule has 584 valence electrons. The second kappa shape index (κ2) is 36.3. The van der Waals surface area contributed by atoms with Crippen molar-refractivity contribution < 1.29 is 203 Å². The van der Waals surface area contributed by atoms with Crippen molar-refractivity contribution in [1.82, 2.24) is 21.3 Å². The van der Waals surface area contributed by atoms with Gasteiger partial charge in [0.05, 0.1) is 52.9 Å². The molecule has 0 saturated carbocycles. The quantitative estimate of drug-likeness (QED) is 0.0382. The summed E-state index contributed by atoms with van der Waals surface area (Å²) in [7, 11) is 0. The van der Waals surface area contributed by atoms with Crippen LogP contribution in [0.5, 0.6) is 0 Å². The van der Waals surface area contributed by atoms with Crippen molar-refractivity contribution in [2.24, 2.45) is 0 Å². The van der Waals surface area contributed by atoms with E-state index in [2.05, 4.69) is 21.3 Å². The van der Waals surface area contributed by atoms with Crippen molar-refractivity contribution in [3.63, 3.8) is 0 Å². The van der Waals surface area contributed by atoms with Gasteiger partial charge < -0.3 is 205 Å². The lowest BCUT2D eigenvalue weighted by Crippen LogP contribution is -2.71. The number of carbonyl (C=O) groups excluding carboxylic acids is 4. The Labute approximate surface area is 572 Å². The molecular formula is C56H94N4O41. The van der Waals surface area contributed by atoms with Crippen LogP contribution in [-0.4, -0.2) is 434 Å². The van der Waals surface area contributed by atoms with Crippen molar-refractivity contribution in [2.45, 2.75) is 273 Å². The number of hydrogen-bond donors (Lipinski definition) is 26. The molecule has 8 aliphatic heterocycles. The smallest absolute Gasteiger partial charge is 0.217 e. The molecule has 0 bridgehead atoms. The fraction of sp³-hybridized carbons (Fsp3) is 0.929. The second-order valence-electron chi connectivity index (χ2n) is 25.4. The molecule has 0 unspecified atom stereocenters. The number of rotatable bonds is 26. The van der Waals surface area contributed by atoms with E-state index < -0.39 is 322 Å². The minimum atomic E-state index is -2.45. The summed E-state index contributed by atoms with van der Waals surface area (Å²) in [6.45, 7) is -4.18. The molecule has 8 rings (SSSR count). The van der Waals surface area contributed by atoms with Crippen molar-refractivity contribution in [3.05, 3.63) is 0 Å². The normalized spacial score (nSPS) is 48.3. The molecule has 0 aliphatic carbocycles. The van der Waals surface area contributed by atoms with Crippen molar-refractivity contribution >= 4 is 23.6 Å². The number of aliphatic hydroxyl groups is 22. The Balaban J connectivity index is 1.11. The van der Waals surface area contributed by atoms with Gasteiger partial charge in [0.1, 0.15) is 195 Å². The molecule has 4 amide bonds. The van der Waals surface area contributed by atoms with Crippen molar-refractivity contribution in [1.29, 1.82) is 0 Å². The third-order valence-corrected chi connectivity index (χ3v) is 18.2. The Kier molecular flexibility index (Phi) is 29.9. The van der Waals surface area contributed by atoms with E-state index in [0.717, 1.165) is 27.7 Å². The summed E-state index contributed by atoms with van der Waals surface area (Å²) in [6.07, 6.45) is -72.9. The Bertz CT molecular complexity index is 2640. The molecule has 101 heavy (non-hydrogen) atoms.